The van der Waals surface area contributed by atoms with Gasteiger partial charge in [0.15, 0.2) is 5.78 Å². The van der Waals surface area contributed by atoms with E-state index in [1.165, 1.54) is 0 Å². The Morgan fingerprint density at radius 2 is 1.63 bits per heavy atom. The summed E-state index contributed by atoms with van der Waals surface area (Å²) in [5.74, 6) is 0.341. The molecule has 1 rings (SSSR count). The highest BCUT2D eigenvalue weighted by Gasteiger charge is 2.13. The van der Waals surface area contributed by atoms with Crippen LogP contribution in [0, 0.1) is 0 Å². The van der Waals surface area contributed by atoms with Crippen molar-refractivity contribution in [1.82, 2.24) is 0 Å². The van der Waals surface area contributed by atoms with Crippen molar-refractivity contribution in [3.63, 3.8) is 0 Å². The molecule has 106 valence electrons. The van der Waals surface area contributed by atoms with Crippen LogP contribution in [0.25, 0.3) is 0 Å². The van der Waals surface area contributed by atoms with Crippen molar-refractivity contribution < 1.29 is 14.6 Å². The molecule has 0 spiro atoms. The molecule has 0 unspecified atom stereocenters. The number of ether oxygens (including phenoxy) is 1. The van der Waals surface area contributed by atoms with E-state index in [2.05, 4.69) is 13.8 Å². The third kappa shape index (κ3) is 4.35. The van der Waals surface area contributed by atoms with Crippen LogP contribution >= 0.6 is 0 Å². The molecule has 1 aromatic rings. The second-order valence-corrected chi connectivity index (χ2v) is 4.70. The molecule has 3 nitrogen and oxygen atoms in total. The van der Waals surface area contributed by atoms with Crippen molar-refractivity contribution in [3.05, 3.63) is 28.8 Å². The number of carbonyl (C=O) groups is 1. The van der Waals surface area contributed by atoms with Crippen LogP contribution in [0.4, 0.5) is 0 Å². The molecule has 0 amide bonds. The van der Waals surface area contributed by atoms with E-state index in [4.69, 9.17) is 4.74 Å². The third-order valence-electron chi connectivity index (χ3n) is 3.07. The number of Topliss-reactive ketones (excluding diaryl/α,β-unsaturated/α-hetero) is 1. The molecule has 0 radical (unpaired) electrons. The topological polar surface area (TPSA) is 46.5 Å². The van der Waals surface area contributed by atoms with Gasteiger partial charge in [-0.05, 0) is 43.0 Å². The summed E-state index contributed by atoms with van der Waals surface area (Å²) in [6, 6.07) is 3.61. The second kappa shape index (κ2) is 7.95. The van der Waals surface area contributed by atoms with Gasteiger partial charge in [-0.25, -0.2) is 0 Å². The first kappa shape index (κ1) is 15.7. The van der Waals surface area contributed by atoms with E-state index in [1.54, 1.807) is 12.1 Å². The smallest absolute Gasteiger partial charge is 0.188 e. The van der Waals surface area contributed by atoms with Crippen LogP contribution < -0.4 is 0 Å². The zero-order chi connectivity index (χ0) is 14.3. The first-order valence-corrected chi connectivity index (χ1v) is 7.09. The molecule has 0 aliphatic heterocycles. The van der Waals surface area contributed by atoms with Gasteiger partial charge in [0.05, 0.1) is 0 Å². The Kier molecular flexibility index (Phi) is 6.57. The largest absolute Gasteiger partial charge is 0.507 e. The maximum Gasteiger partial charge on any atom is 0.188 e. The molecule has 19 heavy (non-hydrogen) atoms. The van der Waals surface area contributed by atoms with Crippen molar-refractivity contribution in [1.29, 1.82) is 0 Å². The third-order valence-corrected chi connectivity index (χ3v) is 3.07. The summed E-state index contributed by atoms with van der Waals surface area (Å²) in [7, 11) is 0. The Morgan fingerprint density at radius 1 is 1.11 bits per heavy atom. The SMILES string of the molecule is CCCc1cc(C(=O)COCC)cc(CCC)c1O. The Bertz CT molecular complexity index is 397. The van der Waals surface area contributed by atoms with Gasteiger partial charge in [-0.3, -0.25) is 4.79 Å². The summed E-state index contributed by atoms with van der Waals surface area (Å²) in [5.41, 5.74) is 2.39. The molecule has 0 saturated heterocycles. The first-order valence-electron chi connectivity index (χ1n) is 7.09. The molecule has 0 fully saturated rings. The molecule has 0 saturated carbocycles. The van der Waals surface area contributed by atoms with Gasteiger partial charge in [0.1, 0.15) is 12.4 Å². The number of hydrogen-bond acceptors (Lipinski definition) is 3. The highest BCUT2D eigenvalue weighted by molar-refractivity contribution is 5.97. The molecule has 0 bridgehead atoms. The summed E-state index contributed by atoms with van der Waals surface area (Å²) < 4.78 is 5.17. The predicted octanol–water partition coefficient (Wildman–Crippen LogP) is 3.52. The molecule has 0 aliphatic carbocycles. The minimum atomic E-state index is -0.0171. The number of hydrogen-bond donors (Lipinski definition) is 1. The fraction of sp³-hybridized carbons (Fsp3) is 0.562. The van der Waals surface area contributed by atoms with Crippen LogP contribution in [0.2, 0.25) is 0 Å². The minimum Gasteiger partial charge on any atom is -0.507 e. The average Bonchev–Trinajstić information content (AvgIpc) is 2.40. The normalized spacial score (nSPS) is 10.7. The van der Waals surface area contributed by atoms with Crippen LogP contribution in [0.15, 0.2) is 12.1 Å². The lowest BCUT2D eigenvalue weighted by atomic mass is 9.96. The lowest BCUT2D eigenvalue weighted by Gasteiger charge is -2.12. The van der Waals surface area contributed by atoms with Crippen LogP contribution in [-0.2, 0) is 17.6 Å². The molecular formula is C16H24O3. The minimum absolute atomic E-state index is 0.0171. The Balaban J connectivity index is 3.06. The maximum atomic E-state index is 12.0. The fourth-order valence-electron chi connectivity index (χ4n) is 2.12. The number of carbonyl (C=O) groups excluding carboxylic acids is 1. The molecule has 0 aliphatic rings. The molecule has 0 aromatic heterocycles. The number of phenolic OH excluding ortho intramolecular Hbond substituents is 1. The number of ketones is 1. The van der Waals surface area contributed by atoms with E-state index in [0.717, 1.165) is 36.8 Å². The monoisotopic (exact) mass is 264 g/mol. The van der Waals surface area contributed by atoms with Crippen molar-refractivity contribution in [3.8, 4) is 5.75 Å². The molecule has 0 atom stereocenters. The number of phenols is 1. The standard InChI is InChI=1S/C16H24O3/c1-4-7-12-9-14(15(17)11-19-6-3)10-13(8-5-2)16(12)18/h9-10,18H,4-8,11H2,1-3H3. The lowest BCUT2D eigenvalue weighted by Crippen LogP contribution is -2.10. The van der Waals surface area contributed by atoms with Gasteiger partial charge in [-0.1, -0.05) is 26.7 Å². The summed E-state index contributed by atoms with van der Waals surface area (Å²) in [6.45, 7) is 6.64. The Hall–Kier alpha value is -1.35. The highest BCUT2D eigenvalue weighted by atomic mass is 16.5. The molecule has 3 heteroatoms. The number of aryl methyl sites for hydroxylation is 2. The van der Waals surface area contributed by atoms with Crippen molar-refractivity contribution >= 4 is 5.78 Å². The van der Waals surface area contributed by atoms with Crippen molar-refractivity contribution in [2.45, 2.75) is 46.5 Å². The van der Waals surface area contributed by atoms with Crippen molar-refractivity contribution in [2.24, 2.45) is 0 Å². The summed E-state index contributed by atoms with van der Waals surface area (Å²) in [6.07, 6.45) is 3.47. The van der Waals surface area contributed by atoms with Gasteiger partial charge in [0.25, 0.3) is 0 Å². The van der Waals surface area contributed by atoms with E-state index in [-0.39, 0.29) is 12.4 Å². The number of rotatable bonds is 8. The van der Waals surface area contributed by atoms with E-state index in [9.17, 15) is 9.90 Å². The quantitative estimate of drug-likeness (QED) is 0.731. The van der Waals surface area contributed by atoms with E-state index >= 15 is 0 Å². The number of benzene rings is 1. The highest BCUT2D eigenvalue weighted by Crippen LogP contribution is 2.27. The van der Waals surface area contributed by atoms with Gasteiger partial charge in [0.2, 0.25) is 0 Å². The summed E-state index contributed by atoms with van der Waals surface area (Å²) >= 11 is 0. The van der Waals surface area contributed by atoms with E-state index < -0.39 is 0 Å². The molecule has 1 aromatic carbocycles. The van der Waals surface area contributed by atoms with Crippen LogP contribution in [0.3, 0.4) is 0 Å². The van der Waals surface area contributed by atoms with Crippen LogP contribution in [0.1, 0.15) is 55.1 Å². The molecule has 0 heterocycles. The van der Waals surface area contributed by atoms with Gasteiger partial charge in [-0.15, -0.1) is 0 Å². The van der Waals surface area contributed by atoms with E-state index in [1.807, 2.05) is 6.92 Å². The second-order valence-electron chi connectivity index (χ2n) is 4.70. The first-order chi connectivity index (χ1) is 9.13. The average molecular weight is 264 g/mol. The zero-order valence-corrected chi connectivity index (χ0v) is 12.2. The predicted molar refractivity (Wildman–Crippen MR) is 76.9 cm³/mol. The summed E-state index contributed by atoms with van der Waals surface area (Å²) in [4.78, 5) is 12.0. The fourth-order valence-corrected chi connectivity index (χ4v) is 2.12. The number of aromatic hydroxyl groups is 1. The van der Waals surface area contributed by atoms with Crippen LogP contribution in [0.5, 0.6) is 5.75 Å². The Morgan fingerprint density at radius 3 is 2.05 bits per heavy atom. The zero-order valence-electron chi connectivity index (χ0n) is 12.2. The summed E-state index contributed by atoms with van der Waals surface area (Å²) in [5, 5.41) is 10.2. The van der Waals surface area contributed by atoms with E-state index in [0.29, 0.717) is 17.9 Å². The lowest BCUT2D eigenvalue weighted by molar-refractivity contribution is 0.0783. The van der Waals surface area contributed by atoms with Crippen molar-refractivity contribution in [2.75, 3.05) is 13.2 Å². The Labute approximate surface area is 115 Å². The van der Waals surface area contributed by atoms with Gasteiger partial charge < -0.3 is 9.84 Å². The molecular weight excluding hydrogens is 240 g/mol. The molecule has 1 N–H and O–H groups in total. The van der Waals surface area contributed by atoms with Crippen LogP contribution in [-0.4, -0.2) is 24.1 Å². The van der Waals surface area contributed by atoms with Gasteiger partial charge in [0, 0.05) is 12.2 Å². The van der Waals surface area contributed by atoms with Gasteiger partial charge >= 0.3 is 0 Å². The van der Waals surface area contributed by atoms with Gasteiger partial charge in [-0.2, -0.15) is 0 Å². The maximum absolute atomic E-state index is 12.0.